The monoisotopic (exact) mass is 238 g/mol. The van der Waals surface area contributed by atoms with Gasteiger partial charge < -0.3 is 15.1 Å². The van der Waals surface area contributed by atoms with Gasteiger partial charge in [-0.2, -0.15) is 0 Å². The van der Waals surface area contributed by atoms with Crippen molar-refractivity contribution in [2.45, 2.75) is 40.2 Å². The number of guanidine groups is 1. The van der Waals surface area contributed by atoms with Crippen LogP contribution in [0.25, 0.3) is 0 Å². The fourth-order valence-electron chi connectivity index (χ4n) is 1.38. The van der Waals surface area contributed by atoms with Crippen LogP contribution in [0.1, 0.15) is 37.1 Å². The molecule has 5 heteroatoms. The molecular weight excluding hydrogens is 216 g/mol. The summed E-state index contributed by atoms with van der Waals surface area (Å²) < 4.78 is 5.48. The molecule has 0 fully saturated rings. The van der Waals surface area contributed by atoms with E-state index in [0.717, 1.165) is 30.4 Å². The van der Waals surface area contributed by atoms with E-state index in [4.69, 9.17) is 4.42 Å². The topological polar surface area (TPSA) is 62.5 Å². The van der Waals surface area contributed by atoms with Crippen molar-refractivity contribution >= 4 is 5.96 Å². The van der Waals surface area contributed by atoms with Crippen LogP contribution in [0, 0.1) is 13.8 Å². The largest absolute Gasteiger partial charge is 0.444 e. The third-order valence-corrected chi connectivity index (χ3v) is 2.53. The van der Waals surface area contributed by atoms with E-state index in [0.29, 0.717) is 12.4 Å². The zero-order chi connectivity index (χ0) is 12.7. The zero-order valence-corrected chi connectivity index (χ0v) is 11.1. The van der Waals surface area contributed by atoms with E-state index in [1.165, 1.54) is 6.42 Å². The lowest BCUT2D eigenvalue weighted by molar-refractivity contribution is 0.463. The average molecular weight is 238 g/mol. The standard InChI is InChI=1S/C12H22N4O/c1-5-6-7-14-12(13-4)15-8-11-16-9(2)10(3)17-11/h5-8H2,1-4H3,(H2,13,14,15). The Balaban J connectivity index is 2.37. The molecule has 17 heavy (non-hydrogen) atoms. The fraction of sp³-hybridized carbons (Fsp3) is 0.667. The molecule has 1 aromatic rings. The van der Waals surface area contributed by atoms with Gasteiger partial charge in [0.25, 0.3) is 0 Å². The Kier molecular flexibility index (Phi) is 5.52. The van der Waals surface area contributed by atoms with Gasteiger partial charge in [-0.05, 0) is 20.3 Å². The number of nitrogens with one attached hydrogen (secondary N) is 2. The van der Waals surface area contributed by atoms with Crippen LogP contribution in [0.2, 0.25) is 0 Å². The quantitative estimate of drug-likeness (QED) is 0.466. The predicted octanol–water partition coefficient (Wildman–Crippen LogP) is 1.76. The maximum atomic E-state index is 5.48. The summed E-state index contributed by atoms with van der Waals surface area (Å²) in [5, 5.41) is 6.40. The molecule has 2 N–H and O–H groups in total. The highest BCUT2D eigenvalue weighted by Gasteiger charge is 2.05. The lowest BCUT2D eigenvalue weighted by atomic mass is 10.3. The highest BCUT2D eigenvalue weighted by molar-refractivity contribution is 5.79. The van der Waals surface area contributed by atoms with Crippen LogP contribution in [0.4, 0.5) is 0 Å². The van der Waals surface area contributed by atoms with Gasteiger partial charge in [-0.3, -0.25) is 4.99 Å². The molecule has 0 aromatic carbocycles. The summed E-state index contributed by atoms with van der Waals surface area (Å²) in [5.74, 6) is 2.35. The number of nitrogens with zero attached hydrogens (tertiary/aromatic N) is 2. The second-order valence-electron chi connectivity index (χ2n) is 3.96. The first-order valence-corrected chi connectivity index (χ1v) is 6.04. The number of hydrogen-bond donors (Lipinski definition) is 2. The molecule has 0 aliphatic rings. The fourth-order valence-corrected chi connectivity index (χ4v) is 1.38. The summed E-state index contributed by atoms with van der Waals surface area (Å²) in [6.07, 6.45) is 2.31. The average Bonchev–Trinajstić information content (AvgIpc) is 2.63. The number of aromatic nitrogens is 1. The van der Waals surface area contributed by atoms with Gasteiger partial charge in [-0.25, -0.2) is 4.98 Å². The van der Waals surface area contributed by atoms with Crippen molar-refractivity contribution in [3.8, 4) is 0 Å². The number of oxazole rings is 1. The van der Waals surface area contributed by atoms with Crippen molar-refractivity contribution in [2.75, 3.05) is 13.6 Å². The highest BCUT2D eigenvalue weighted by Crippen LogP contribution is 2.07. The number of rotatable bonds is 5. The van der Waals surface area contributed by atoms with Gasteiger partial charge in [0.05, 0.1) is 12.2 Å². The lowest BCUT2D eigenvalue weighted by Gasteiger charge is -2.09. The Morgan fingerprint density at radius 2 is 2.12 bits per heavy atom. The Bertz CT molecular complexity index is 351. The first-order valence-electron chi connectivity index (χ1n) is 6.04. The van der Waals surface area contributed by atoms with Crippen molar-refractivity contribution in [3.63, 3.8) is 0 Å². The minimum Gasteiger partial charge on any atom is -0.444 e. The van der Waals surface area contributed by atoms with E-state index >= 15 is 0 Å². The molecule has 1 rings (SSSR count). The molecule has 0 saturated carbocycles. The minimum atomic E-state index is 0.556. The lowest BCUT2D eigenvalue weighted by Crippen LogP contribution is -2.37. The van der Waals surface area contributed by atoms with E-state index in [2.05, 4.69) is 27.5 Å². The van der Waals surface area contributed by atoms with E-state index in [9.17, 15) is 0 Å². The van der Waals surface area contributed by atoms with Gasteiger partial charge in [0.1, 0.15) is 5.76 Å². The molecule has 0 radical (unpaired) electrons. The number of aliphatic imine (C=N–C) groups is 1. The molecule has 0 saturated heterocycles. The van der Waals surface area contributed by atoms with Crippen molar-refractivity contribution in [2.24, 2.45) is 4.99 Å². The molecule has 0 aliphatic heterocycles. The normalized spacial score (nSPS) is 11.6. The first-order chi connectivity index (χ1) is 8.17. The predicted molar refractivity (Wildman–Crippen MR) is 69.1 cm³/mol. The van der Waals surface area contributed by atoms with E-state index < -0.39 is 0 Å². The van der Waals surface area contributed by atoms with Crippen molar-refractivity contribution in [1.29, 1.82) is 0 Å². The Hall–Kier alpha value is -1.52. The van der Waals surface area contributed by atoms with E-state index in [1.807, 2.05) is 13.8 Å². The zero-order valence-electron chi connectivity index (χ0n) is 11.1. The molecule has 1 heterocycles. The summed E-state index contributed by atoms with van der Waals surface area (Å²) in [7, 11) is 1.76. The van der Waals surface area contributed by atoms with Gasteiger partial charge in [0.15, 0.2) is 5.96 Å². The molecule has 0 amide bonds. The van der Waals surface area contributed by atoms with Crippen LogP contribution in [0.5, 0.6) is 0 Å². The summed E-state index contributed by atoms with van der Waals surface area (Å²) >= 11 is 0. The van der Waals surface area contributed by atoms with Crippen molar-refractivity contribution in [3.05, 3.63) is 17.3 Å². The maximum absolute atomic E-state index is 5.48. The first kappa shape index (κ1) is 13.5. The van der Waals surface area contributed by atoms with Gasteiger partial charge in [-0.15, -0.1) is 0 Å². The van der Waals surface area contributed by atoms with Crippen LogP contribution >= 0.6 is 0 Å². The third-order valence-electron chi connectivity index (χ3n) is 2.53. The van der Waals surface area contributed by atoms with Gasteiger partial charge in [0, 0.05) is 13.6 Å². The molecule has 0 atom stereocenters. The maximum Gasteiger partial charge on any atom is 0.214 e. The molecule has 0 bridgehead atoms. The summed E-state index contributed by atoms with van der Waals surface area (Å²) in [6.45, 7) is 7.51. The van der Waals surface area contributed by atoms with Gasteiger partial charge >= 0.3 is 0 Å². The smallest absolute Gasteiger partial charge is 0.214 e. The molecule has 0 spiro atoms. The number of hydrogen-bond acceptors (Lipinski definition) is 3. The molecule has 5 nitrogen and oxygen atoms in total. The van der Waals surface area contributed by atoms with Crippen LogP contribution in [-0.4, -0.2) is 24.5 Å². The highest BCUT2D eigenvalue weighted by atomic mass is 16.4. The summed E-state index contributed by atoms with van der Waals surface area (Å²) in [5.41, 5.74) is 0.940. The van der Waals surface area contributed by atoms with Crippen LogP contribution in [0.3, 0.4) is 0 Å². The van der Waals surface area contributed by atoms with E-state index in [-0.39, 0.29) is 0 Å². The van der Waals surface area contributed by atoms with Crippen LogP contribution in [0.15, 0.2) is 9.41 Å². The molecule has 0 unspecified atom stereocenters. The van der Waals surface area contributed by atoms with Gasteiger partial charge in [0.2, 0.25) is 5.89 Å². The summed E-state index contributed by atoms with van der Waals surface area (Å²) in [4.78, 5) is 8.43. The third kappa shape index (κ3) is 4.46. The molecule has 0 aliphatic carbocycles. The van der Waals surface area contributed by atoms with Crippen molar-refractivity contribution < 1.29 is 4.42 Å². The molecule has 1 aromatic heterocycles. The Morgan fingerprint density at radius 3 is 2.65 bits per heavy atom. The van der Waals surface area contributed by atoms with Gasteiger partial charge in [-0.1, -0.05) is 13.3 Å². The van der Waals surface area contributed by atoms with Crippen molar-refractivity contribution in [1.82, 2.24) is 15.6 Å². The SMILES string of the molecule is CCCCNC(=NC)NCc1nc(C)c(C)o1. The molecular formula is C12H22N4O. The summed E-state index contributed by atoms with van der Waals surface area (Å²) in [6, 6.07) is 0. The van der Waals surface area contributed by atoms with Crippen LogP contribution in [-0.2, 0) is 6.54 Å². The number of aryl methyl sites for hydroxylation is 2. The second kappa shape index (κ2) is 6.93. The minimum absolute atomic E-state index is 0.556. The van der Waals surface area contributed by atoms with Crippen LogP contribution < -0.4 is 10.6 Å². The number of unbranched alkanes of at least 4 members (excludes halogenated alkanes) is 1. The van der Waals surface area contributed by atoms with E-state index in [1.54, 1.807) is 7.05 Å². The second-order valence-corrected chi connectivity index (χ2v) is 3.96. The Labute approximate surface area is 103 Å². The Morgan fingerprint density at radius 1 is 1.35 bits per heavy atom. The molecule has 96 valence electrons.